The average Bonchev–Trinajstić information content (AvgIpc) is 2.48. The summed E-state index contributed by atoms with van der Waals surface area (Å²) in [4.78, 5) is 32.8. The van der Waals surface area contributed by atoms with Crippen molar-refractivity contribution < 1.29 is 33.9 Å². The van der Waals surface area contributed by atoms with Crippen LogP contribution in [0.25, 0.3) is 0 Å². The highest BCUT2D eigenvalue weighted by molar-refractivity contribution is 7.46. The van der Waals surface area contributed by atoms with Gasteiger partial charge in [0.2, 0.25) is 0 Å². The van der Waals surface area contributed by atoms with E-state index in [0.717, 1.165) is 12.8 Å². The van der Waals surface area contributed by atoms with Gasteiger partial charge >= 0.3 is 13.8 Å². The number of nitrogens with one attached hydrogen (secondary N) is 1. The van der Waals surface area contributed by atoms with Gasteiger partial charge in [-0.2, -0.15) is 0 Å². The number of pyridine rings is 1. The van der Waals surface area contributed by atoms with Crippen molar-refractivity contribution in [2.24, 2.45) is 0 Å². The molecule has 0 saturated carbocycles. The van der Waals surface area contributed by atoms with Gasteiger partial charge in [0, 0.05) is 23.9 Å². The summed E-state index contributed by atoms with van der Waals surface area (Å²) in [5, 5.41) is 22.2. The molecule has 24 heavy (non-hydrogen) atoms. The Morgan fingerprint density at radius 3 is 2.67 bits per heavy atom. The molecule has 9 nitrogen and oxygen atoms in total. The monoisotopic (exact) mass is 362 g/mol. The smallest absolute Gasteiger partial charge is 0.469 e. The minimum absolute atomic E-state index is 0.00965. The molecule has 5 N–H and O–H groups in total. The number of rotatable bonds is 10. The van der Waals surface area contributed by atoms with Crippen LogP contribution in [0.1, 0.15) is 43.0 Å². The fraction of sp³-hybridized carbons (Fsp3) is 0.571. The van der Waals surface area contributed by atoms with Crippen molar-refractivity contribution in [3.8, 4) is 5.75 Å². The molecule has 1 heterocycles. The Kier molecular flexibility index (Phi) is 7.78. The number of aryl methyl sites for hydroxylation is 1. The van der Waals surface area contributed by atoms with Crippen molar-refractivity contribution in [3.63, 3.8) is 0 Å². The van der Waals surface area contributed by atoms with Crippen molar-refractivity contribution in [1.29, 1.82) is 0 Å². The molecule has 136 valence electrons. The van der Waals surface area contributed by atoms with E-state index < -0.39 is 26.4 Å². The lowest BCUT2D eigenvalue weighted by atomic mass is 10.1. The predicted molar refractivity (Wildman–Crippen MR) is 85.3 cm³/mol. The lowest BCUT2D eigenvalue weighted by Gasteiger charge is -2.17. The van der Waals surface area contributed by atoms with Gasteiger partial charge in [-0.05, 0) is 13.3 Å². The second kappa shape index (κ2) is 9.10. The molecular formula is C14H23N2O7P. The molecule has 0 radical (unpaired) electrons. The van der Waals surface area contributed by atoms with Gasteiger partial charge in [-0.1, -0.05) is 19.8 Å². The number of aromatic nitrogens is 1. The summed E-state index contributed by atoms with van der Waals surface area (Å²) in [5.74, 6) is -1.16. The third-order valence-electron chi connectivity index (χ3n) is 3.49. The van der Waals surface area contributed by atoms with E-state index in [9.17, 15) is 19.6 Å². The highest BCUT2D eigenvalue weighted by Crippen LogP contribution is 2.38. The molecule has 1 aromatic rings. The fourth-order valence-electron chi connectivity index (χ4n) is 2.11. The van der Waals surface area contributed by atoms with Crippen LogP contribution in [0, 0.1) is 6.92 Å². The van der Waals surface area contributed by atoms with Crippen LogP contribution in [0.5, 0.6) is 5.75 Å². The first-order valence-electron chi connectivity index (χ1n) is 7.48. The summed E-state index contributed by atoms with van der Waals surface area (Å²) in [6, 6.07) is -0.784. The van der Waals surface area contributed by atoms with Gasteiger partial charge in [0.05, 0.1) is 12.3 Å². The maximum absolute atomic E-state index is 11.3. The number of aromatic hydroxyl groups is 1. The molecule has 0 fully saturated rings. The van der Waals surface area contributed by atoms with Crippen LogP contribution in [-0.4, -0.2) is 37.0 Å². The maximum Gasteiger partial charge on any atom is 0.469 e. The normalized spacial score (nSPS) is 13.0. The molecule has 1 rings (SSSR count). The highest BCUT2D eigenvalue weighted by Gasteiger charge is 2.21. The van der Waals surface area contributed by atoms with Crippen LogP contribution < -0.4 is 5.32 Å². The molecule has 0 spiro atoms. The van der Waals surface area contributed by atoms with E-state index in [2.05, 4.69) is 14.8 Å². The quantitative estimate of drug-likeness (QED) is 0.390. The largest absolute Gasteiger partial charge is 0.506 e. The fourth-order valence-corrected chi connectivity index (χ4v) is 2.41. The van der Waals surface area contributed by atoms with Crippen molar-refractivity contribution >= 4 is 13.8 Å². The molecule has 1 aromatic heterocycles. The zero-order valence-electron chi connectivity index (χ0n) is 13.6. The Morgan fingerprint density at radius 2 is 2.12 bits per heavy atom. The Hall–Kier alpha value is -1.51. The molecular weight excluding hydrogens is 339 g/mol. The Bertz CT molecular complexity index is 617. The van der Waals surface area contributed by atoms with Gasteiger partial charge in [0.15, 0.2) is 0 Å². The number of carbonyl (C=O) groups is 1. The lowest BCUT2D eigenvalue weighted by Crippen LogP contribution is -2.36. The number of nitrogens with zero attached hydrogens (tertiary/aromatic N) is 1. The van der Waals surface area contributed by atoms with E-state index in [0.29, 0.717) is 17.7 Å². The predicted octanol–water partition coefficient (Wildman–Crippen LogP) is 1.44. The molecule has 0 amide bonds. The highest BCUT2D eigenvalue weighted by atomic mass is 31.2. The topological polar surface area (TPSA) is 149 Å². The van der Waals surface area contributed by atoms with Crippen molar-refractivity contribution in [1.82, 2.24) is 10.3 Å². The molecule has 0 saturated heterocycles. The molecule has 1 atom stereocenters. The van der Waals surface area contributed by atoms with Gasteiger partial charge in [-0.15, -0.1) is 0 Å². The van der Waals surface area contributed by atoms with Crippen LogP contribution in [0.4, 0.5) is 0 Å². The summed E-state index contributed by atoms with van der Waals surface area (Å²) in [7, 11) is -4.67. The summed E-state index contributed by atoms with van der Waals surface area (Å²) in [6.45, 7) is 3.08. The maximum atomic E-state index is 11.3. The number of aliphatic carboxylic acids is 1. The summed E-state index contributed by atoms with van der Waals surface area (Å²) in [5.41, 5.74) is 0.902. The second-order valence-electron chi connectivity index (χ2n) is 5.37. The summed E-state index contributed by atoms with van der Waals surface area (Å²) >= 11 is 0. The second-order valence-corrected chi connectivity index (χ2v) is 6.61. The van der Waals surface area contributed by atoms with Crippen molar-refractivity contribution in [3.05, 3.63) is 23.0 Å². The Balaban J connectivity index is 2.93. The molecule has 0 bridgehead atoms. The van der Waals surface area contributed by atoms with Gasteiger partial charge in [-0.25, -0.2) is 4.57 Å². The first kappa shape index (κ1) is 20.5. The van der Waals surface area contributed by atoms with Gasteiger partial charge in [0.25, 0.3) is 0 Å². The van der Waals surface area contributed by atoms with E-state index in [-0.39, 0.29) is 17.9 Å². The average molecular weight is 362 g/mol. The van der Waals surface area contributed by atoms with Gasteiger partial charge in [0.1, 0.15) is 11.8 Å². The molecule has 0 aromatic carbocycles. The first-order chi connectivity index (χ1) is 11.2. The van der Waals surface area contributed by atoms with Crippen LogP contribution in [-0.2, 0) is 27.0 Å². The molecule has 10 heteroatoms. The molecule has 0 aliphatic heterocycles. The number of unbranched alkanes of at least 4 members (excludes halogenated alkanes) is 1. The number of phosphoric acid groups is 1. The number of hydrogen-bond acceptors (Lipinski definition) is 6. The molecule has 0 aliphatic carbocycles. The Labute approximate surface area is 139 Å². The minimum Gasteiger partial charge on any atom is -0.506 e. The van der Waals surface area contributed by atoms with E-state index in [4.69, 9.17) is 9.79 Å². The number of carboxylic acid groups (broad SMARTS) is 1. The standard InChI is InChI=1S/C14H23N2O7P/c1-3-4-5-12(14(18)19)16-7-11-10(8-23-24(20,21)22)6-15-9(2)13(11)17/h6,12,16-17H,3-5,7-8H2,1-2H3,(H,18,19)(H2,20,21,22)/t12-/m0/s1. The third-order valence-corrected chi connectivity index (χ3v) is 3.95. The molecule has 0 unspecified atom stereocenters. The lowest BCUT2D eigenvalue weighted by molar-refractivity contribution is -0.139. The van der Waals surface area contributed by atoms with Crippen molar-refractivity contribution in [2.75, 3.05) is 0 Å². The minimum atomic E-state index is -4.67. The van der Waals surface area contributed by atoms with Crippen LogP contribution in [0.3, 0.4) is 0 Å². The van der Waals surface area contributed by atoms with Gasteiger partial charge in [-0.3, -0.25) is 14.3 Å². The Morgan fingerprint density at radius 1 is 1.46 bits per heavy atom. The molecule has 0 aliphatic rings. The van der Waals surface area contributed by atoms with Crippen LogP contribution in [0.15, 0.2) is 6.20 Å². The van der Waals surface area contributed by atoms with Crippen molar-refractivity contribution in [2.45, 2.75) is 52.3 Å². The van der Waals surface area contributed by atoms with E-state index in [1.54, 1.807) is 6.92 Å². The van der Waals surface area contributed by atoms with E-state index in [1.807, 2.05) is 6.92 Å². The number of phosphoric ester groups is 1. The SMILES string of the molecule is CCCC[C@H](NCc1c(COP(=O)(O)O)cnc(C)c1O)C(=O)O. The third kappa shape index (κ3) is 6.54. The summed E-state index contributed by atoms with van der Waals surface area (Å²) in [6.07, 6.45) is 3.36. The van der Waals surface area contributed by atoms with E-state index in [1.165, 1.54) is 6.20 Å². The summed E-state index contributed by atoms with van der Waals surface area (Å²) < 4.78 is 15.3. The zero-order chi connectivity index (χ0) is 18.3. The number of carboxylic acids is 1. The first-order valence-corrected chi connectivity index (χ1v) is 9.01. The van der Waals surface area contributed by atoms with E-state index >= 15 is 0 Å². The zero-order valence-corrected chi connectivity index (χ0v) is 14.5. The number of hydrogen-bond donors (Lipinski definition) is 5. The van der Waals surface area contributed by atoms with Crippen LogP contribution >= 0.6 is 7.82 Å². The van der Waals surface area contributed by atoms with Crippen LogP contribution in [0.2, 0.25) is 0 Å². The van der Waals surface area contributed by atoms with Gasteiger partial charge < -0.3 is 25.3 Å².